The van der Waals surface area contributed by atoms with Gasteiger partial charge in [0.15, 0.2) is 0 Å². The molecule has 0 saturated heterocycles. The number of benzene rings is 1. The lowest BCUT2D eigenvalue weighted by molar-refractivity contribution is 0.235. The van der Waals surface area contributed by atoms with Crippen LogP contribution in [0.3, 0.4) is 0 Å². The van der Waals surface area contributed by atoms with Gasteiger partial charge < -0.3 is 5.73 Å². The Bertz CT molecular complexity index is 396. The molecule has 0 aromatic heterocycles. The van der Waals surface area contributed by atoms with Gasteiger partial charge in [0.2, 0.25) is 0 Å². The van der Waals surface area contributed by atoms with E-state index < -0.39 is 0 Å². The van der Waals surface area contributed by atoms with Crippen molar-refractivity contribution in [3.8, 4) is 0 Å². The highest BCUT2D eigenvalue weighted by Gasteiger charge is 2.30. The summed E-state index contributed by atoms with van der Waals surface area (Å²) in [6.45, 7) is 1.27. The Morgan fingerprint density at radius 1 is 1.31 bits per heavy atom. The maximum absolute atomic E-state index is 5.83. The molecule has 1 aromatic rings. The number of hydrogen-bond acceptors (Lipinski definition) is 2. The van der Waals surface area contributed by atoms with Crippen LogP contribution in [0, 0.1) is 5.92 Å². The number of nitrogens with two attached hydrogens (primary N) is 1. The summed E-state index contributed by atoms with van der Waals surface area (Å²) < 4.78 is 0. The fourth-order valence-corrected chi connectivity index (χ4v) is 2.91. The molecule has 1 aromatic carbocycles. The van der Waals surface area contributed by atoms with Crippen molar-refractivity contribution in [3.05, 3.63) is 29.3 Å². The van der Waals surface area contributed by atoms with E-state index in [0.29, 0.717) is 6.04 Å². The largest absolute Gasteiger partial charge is 0.399 e. The molecule has 0 spiro atoms. The number of nitrogen functional groups attached to an aromatic ring is 1. The van der Waals surface area contributed by atoms with E-state index in [1.165, 1.54) is 43.4 Å². The predicted molar refractivity (Wildman–Crippen MR) is 67.3 cm³/mol. The van der Waals surface area contributed by atoms with E-state index in [2.05, 4.69) is 24.1 Å². The molecule has 1 saturated carbocycles. The molecule has 2 aliphatic carbocycles. The van der Waals surface area contributed by atoms with Gasteiger partial charge in [-0.25, -0.2) is 0 Å². The van der Waals surface area contributed by atoms with Gasteiger partial charge in [-0.15, -0.1) is 0 Å². The van der Waals surface area contributed by atoms with Crippen LogP contribution in [0.1, 0.15) is 36.4 Å². The van der Waals surface area contributed by atoms with Crippen LogP contribution in [0.2, 0.25) is 0 Å². The molecule has 0 radical (unpaired) electrons. The van der Waals surface area contributed by atoms with Crippen molar-refractivity contribution < 1.29 is 0 Å². The van der Waals surface area contributed by atoms with Gasteiger partial charge >= 0.3 is 0 Å². The summed E-state index contributed by atoms with van der Waals surface area (Å²) in [6, 6.07) is 7.06. The summed E-state index contributed by atoms with van der Waals surface area (Å²) in [7, 11) is 2.27. The zero-order chi connectivity index (χ0) is 11.1. The first kappa shape index (κ1) is 10.2. The molecule has 0 bridgehead atoms. The van der Waals surface area contributed by atoms with Gasteiger partial charge in [-0.2, -0.15) is 0 Å². The Morgan fingerprint density at radius 3 is 2.88 bits per heavy atom. The zero-order valence-electron chi connectivity index (χ0n) is 9.95. The van der Waals surface area contributed by atoms with Crippen molar-refractivity contribution in [2.75, 3.05) is 19.3 Å². The van der Waals surface area contributed by atoms with E-state index >= 15 is 0 Å². The third-order valence-corrected chi connectivity index (χ3v) is 3.99. The number of hydrogen-bond donors (Lipinski definition) is 1. The first-order valence-electron chi connectivity index (χ1n) is 6.32. The van der Waals surface area contributed by atoms with E-state index in [-0.39, 0.29) is 0 Å². The van der Waals surface area contributed by atoms with Gasteiger partial charge in [-0.05, 0) is 61.9 Å². The fraction of sp³-hybridized carbons (Fsp3) is 0.571. The molecule has 86 valence electrons. The normalized spacial score (nSPS) is 23.8. The quantitative estimate of drug-likeness (QED) is 0.787. The van der Waals surface area contributed by atoms with Crippen LogP contribution in [0.15, 0.2) is 18.2 Å². The van der Waals surface area contributed by atoms with E-state index in [1.807, 2.05) is 6.07 Å². The van der Waals surface area contributed by atoms with Gasteiger partial charge in [-0.3, -0.25) is 4.90 Å². The summed E-state index contributed by atoms with van der Waals surface area (Å²) in [5.41, 5.74) is 9.71. The molecule has 1 fully saturated rings. The lowest BCUT2D eigenvalue weighted by Gasteiger charge is -2.25. The molecular formula is C14H20N2. The smallest absolute Gasteiger partial charge is 0.0351 e. The highest BCUT2D eigenvalue weighted by Crippen LogP contribution is 2.38. The molecule has 1 atom stereocenters. The monoisotopic (exact) mass is 216 g/mol. The van der Waals surface area contributed by atoms with Crippen LogP contribution in [-0.4, -0.2) is 18.5 Å². The standard InChI is InChI=1S/C14H20N2/c1-16(9-10-2-3-10)14-7-4-11-8-12(15)5-6-13(11)14/h5-6,8,10,14H,2-4,7,9,15H2,1H3. The molecule has 0 heterocycles. The molecule has 16 heavy (non-hydrogen) atoms. The zero-order valence-corrected chi connectivity index (χ0v) is 9.95. The van der Waals surface area contributed by atoms with Crippen molar-refractivity contribution in [1.29, 1.82) is 0 Å². The third kappa shape index (κ3) is 1.82. The number of anilines is 1. The molecule has 2 nitrogen and oxygen atoms in total. The topological polar surface area (TPSA) is 29.3 Å². The summed E-state index contributed by atoms with van der Waals surface area (Å²) in [6.07, 6.45) is 5.33. The maximum Gasteiger partial charge on any atom is 0.0351 e. The average molecular weight is 216 g/mol. The number of fused-ring (bicyclic) bond motifs is 1. The molecule has 0 aliphatic heterocycles. The van der Waals surface area contributed by atoms with E-state index in [1.54, 1.807) is 0 Å². The lowest BCUT2D eigenvalue weighted by Crippen LogP contribution is -2.25. The van der Waals surface area contributed by atoms with Crippen LogP contribution in [0.4, 0.5) is 5.69 Å². The van der Waals surface area contributed by atoms with Gasteiger partial charge in [0.05, 0.1) is 0 Å². The van der Waals surface area contributed by atoms with Crippen molar-refractivity contribution in [3.63, 3.8) is 0 Å². The molecule has 1 unspecified atom stereocenters. The molecule has 3 rings (SSSR count). The Kier molecular flexibility index (Phi) is 2.40. The maximum atomic E-state index is 5.83. The van der Waals surface area contributed by atoms with Gasteiger partial charge in [0.25, 0.3) is 0 Å². The minimum absolute atomic E-state index is 0.635. The molecule has 0 amide bonds. The summed E-state index contributed by atoms with van der Waals surface area (Å²) in [4.78, 5) is 2.54. The Labute approximate surface area is 97.4 Å². The first-order chi connectivity index (χ1) is 7.74. The second-order valence-electron chi connectivity index (χ2n) is 5.40. The highest BCUT2D eigenvalue weighted by atomic mass is 15.1. The van der Waals surface area contributed by atoms with Gasteiger partial charge in [0, 0.05) is 18.3 Å². The van der Waals surface area contributed by atoms with Crippen molar-refractivity contribution in [2.45, 2.75) is 31.7 Å². The first-order valence-corrected chi connectivity index (χ1v) is 6.32. The summed E-state index contributed by atoms with van der Waals surface area (Å²) in [5.74, 6) is 0.975. The van der Waals surface area contributed by atoms with Crippen molar-refractivity contribution in [2.24, 2.45) is 5.92 Å². The number of nitrogens with zero attached hydrogens (tertiary/aromatic N) is 1. The van der Waals surface area contributed by atoms with Gasteiger partial charge in [-0.1, -0.05) is 6.07 Å². The third-order valence-electron chi connectivity index (χ3n) is 3.99. The van der Waals surface area contributed by atoms with Crippen LogP contribution in [0.5, 0.6) is 0 Å². The summed E-state index contributed by atoms with van der Waals surface area (Å²) in [5, 5.41) is 0. The molecule has 2 heteroatoms. The molecule has 2 N–H and O–H groups in total. The van der Waals surface area contributed by atoms with Gasteiger partial charge in [0.1, 0.15) is 0 Å². The van der Waals surface area contributed by atoms with Crippen LogP contribution in [0.25, 0.3) is 0 Å². The highest BCUT2D eigenvalue weighted by molar-refractivity contribution is 5.47. The fourth-order valence-electron chi connectivity index (χ4n) is 2.91. The van der Waals surface area contributed by atoms with Crippen LogP contribution >= 0.6 is 0 Å². The second-order valence-corrected chi connectivity index (χ2v) is 5.40. The predicted octanol–water partition coefficient (Wildman–Crippen LogP) is 2.60. The molecular weight excluding hydrogens is 196 g/mol. The second kappa shape index (κ2) is 3.77. The van der Waals surface area contributed by atoms with Crippen LogP contribution < -0.4 is 5.73 Å². The van der Waals surface area contributed by atoms with Crippen LogP contribution in [-0.2, 0) is 6.42 Å². The Morgan fingerprint density at radius 2 is 2.12 bits per heavy atom. The Balaban J connectivity index is 1.79. The van der Waals surface area contributed by atoms with Crippen molar-refractivity contribution >= 4 is 5.69 Å². The average Bonchev–Trinajstić information content (AvgIpc) is 2.96. The summed E-state index contributed by atoms with van der Waals surface area (Å²) >= 11 is 0. The van der Waals surface area contributed by atoms with E-state index in [0.717, 1.165) is 11.6 Å². The van der Waals surface area contributed by atoms with E-state index in [9.17, 15) is 0 Å². The van der Waals surface area contributed by atoms with Crippen molar-refractivity contribution in [1.82, 2.24) is 4.90 Å². The minimum atomic E-state index is 0.635. The van der Waals surface area contributed by atoms with E-state index in [4.69, 9.17) is 5.73 Å². The Hall–Kier alpha value is -1.02. The number of rotatable bonds is 3. The number of aryl methyl sites for hydroxylation is 1. The SMILES string of the molecule is CN(CC1CC1)C1CCc2cc(N)ccc21. The lowest BCUT2D eigenvalue weighted by atomic mass is 10.1. The minimum Gasteiger partial charge on any atom is -0.399 e. The molecule has 2 aliphatic rings.